The van der Waals surface area contributed by atoms with Gasteiger partial charge < -0.3 is 16.2 Å². The Morgan fingerprint density at radius 3 is 2.24 bits per heavy atom. The molecule has 0 heterocycles. The van der Waals surface area contributed by atoms with Gasteiger partial charge in [0.05, 0.1) is 0 Å². The van der Waals surface area contributed by atoms with Gasteiger partial charge in [0.1, 0.15) is 12.1 Å². The first-order valence-electron chi connectivity index (χ1n) is 13.6. The van der Waals surface area contributed by atoms with Crippen LogP contribution < -0.4 is 20.5 Å². The Morgan fingerprint density at radius 1 is 1.03 bits per heavy atom. The van der Waals surface area contributed by atoms with E-state index in [0.717, 1.165) is 44.9 Å². The number of carbonyl (C=O) groups excluding carboxylic acids is 1. The van der Waals surface area contributed by atoms with E-state index in [4.69, 9.17) is 5.73 Å². The summed E-state index contributed by atoms with van der Waals surface area (Å²) in [6.07, 6.45) is 8.79. The zero-order valence-electron chi connectivity index (χ0n) is 21.9. The second-order valence-electron chi connectivity index (χ2n) is 11.9. The van der Waals surface area contributed by atoms with Gasteiger partial charge in [0.15, 0.2) is 0 Å². The van der Waals surface area contributed by atoms with E-state index < -0.39 is 28.3 Å². The lowest BCUT2D eigenvalue weighted by Gasteiger charge is -2.31. The van der Waals surface area contributed by atoms with Crippen LogP contribution in [0.4, 0.5) is 5.69 Å². The Kier molecular flexibility index (Phi) is 8.50. The fourth-order valence-corrected chi connectivity index (χ4v) is 8.13. The van der Waals surface area contributed by atoms with Crippen LogP contribution in [0.5, 0.6) is 0 Å². The predicted octanol–water partition coefficient (Wildman–Crippen LogP) is 2.97. The molecule has 3 aliphatic carbocycles. The second-order valence-corrected chi connectivity index (χ2v) is 13.4. The highest BCUT2D eigenvalue weighted by atomic mass is 32.2. The molecule has 4 rings (SSSR count). The topological polar surface area (TPSA) is 151 Å². The molecule has 2 bridgehead atoms. The summed E-state index contributed by atoms with van der Waals surface area (Å²) in [5, 5.41) is 12.9. The number of benzene rings is 1. The Bertz CT molecular complexity index is 1070. The molecule has 5 atom stereocenters. The molecular weight excluding hydrogens is 492 g/mol. The summed E-state index contributed by atoms with van der Waals surface area (Å²) in [5.41, 5.74) is 7.05. The van der Waals surface area contributed by atoms with E-state index in [9.17, 15) is 23.1 Å². The summed E-state index contributed by atoms with van der Waals surface area (Å²) in [4.78, 5) is 25.4. The molecule has 6 N–H and O–H groups in total. The van der Waals surface area contributed by atoms with Crippen molar-refractivity contribution in [3.8, 4) is 0 Å². The number of carboxylic acids is 1. The Morgan fingerprint density at radius 2 is 1.68 bits per heavy atom. The van der Waals surface area contributed by atoms with Gasteiger partial charge in [-0.2, -0.15) is 17.9 Å². The molecule has 10 heteroatoms. The van der Waals surface area contributed by atoms with Gasteiger partial charge in [0.2, 0.25) is 5.91 Å². The Hall–Kier alpha value is -2.17. The van der Waals surface area contributed by atoms with E-state index >= 15 is 0 Å². The molecule has 0 aliphatic heterocycles. The molecule has 0 spiro atoms. The number of hydrogen-bond donors (Lipinski definition) is 5. The average Bonchev–Trinajstić information content (AvgIpc) is 3.25. The molecule has 0 radical (unpaired) electrons. The van der Waals surface area contributed by atoms with Crippen molar-refractivity contribution in [2.45, 2.75) is 96.2 Å². The van der Waals surface area contributed by atoms with Crippen LogP contribution in [0.2, 0.25) is 0 Å². The van der Waals surface area contributed by atoms with Crippen LogP contribution in [-0.4, -0.2) is 43.5 Å². The molecule has 206 valence electrons. The second kappa shape index (κ2) is 11.3. The summed E-state index contributed by atoms with van der Waals surface area (Å²) >= 11 is 0. The maximum atomic E-state index is 13.5. The van der Waals surface area contributed by atoms with Gasteiger partial charge in [0.25, 0.3) is 10.2 Å². The van der Waals surface area contributed by atoms with Gasteiger partial charge in [0, 0.05) is 11.7 Å². The SMILES string of the molecule is CC1(C)C2CC[C@@H]1C[C@@H]2NC(=O)[C@H](CC1CCCCC1)NS(=O)(=O)N[C@@H](Cc1ccc(N)cc1)C(=O)O. The van der Waals surface area contributed by atoms with Crippen LogP contribution in [0.25, 0.3) is 0 Å². The van der Waals surface area contributed by atoms with Crippen molar-refractivity contribution in [3.05, 3.63) is 29.8 Å². The number of hydrogen-bond acceptors (Lipinski definition) is 5. The monoisotopic (exact) mass is 534 g/mol. The summed E-state index contributed by atoms with van der Waals surface area (Å²) in [6, 6.07) is 4.33. The molecule has 1 aromatic rings. The van der Waals surface area contributed by atoms with Crippen molar-refractivity contribution in [1.82, 2.24) is 14.8 Å². The highest BCUT2D eigenvalue weighted by Crippen LogP contribution is 2.57. The van der Waals surface area contributed by atoms with Gasteiger partial charge >= 0.3 is 5.97 Å². The summed E-state index contributed by atoms with van der Waals surface area (Å²) in [6.45, 7) is 4.53. The number of aliphatic carboxylic acids is 1. The fraction of sp³-hybridized carbons (Fsp3) is 0.704. The molecule has 0 aromatic heterocycles. The highest BCUT2D eigenvalue weighted by molar-refractivity contribution is 7.87. The van der Waals surface area contributed by atoms with Crippen molar-refractivity contribution in [1.29, 1.82) is 0 Å². The summed E-state index contributed by atoms with van der Waals surface area (Å²) in [7, 11) is -4.28. The van der Waals surface area contributed by atoms with Gasteiger partial charge in [-0.3, -0.25) is 9.59 Å². The normalized spacial score (nSPS) is 27.0. The smallest absolute Gasteiger partial charge is 0.322 e. The fourth-order valence-electron chi connectivity index (χ4n) is 6.92. The van der Waals surface area contributed by atoms with E-state index in [2.05, 4.69) is 28.6 Å². The lowest BCUT2D eigenvalue weighted by Crippen LogP contribution is -2.56. The molecule has 9 nitrogen and oxygen atoms in total. The van der Waals surface area contributed by atoms with Crippen molar-refractivity contribution in [2.75, 3.05) is 5.73 Å². The Balaban J connectivity index is 1.45. The van der Waals surface area contributed by atoms with Crippen LogP contribution in [-0.2, 0) is 26.2 Å². The van der Waals surface area contributed by atoms with Crippen molar-refractivity contribution >= 4 is 27.8 Å². The minimum Gasteiger partial charge on any atom is -0.480 e. The quantitative estimate of drug-likeness (QED) is 0.275. The molecule has 3 saturated carbocycles. The molecule has 3 fully saturated rings. The van der Waals surface area contributed by atoms with Crippen LogP contribution in [0.15, 0.2) is 24.3 Å². The van der Waals surface area contributed by atoms with E-state index in [1.165, 1.54) is 6.42 Å². The third-order valence-electron chi connectivity index (χ3n) is 9.11. The van der Waals surface area contributed by atoms with E-state index in [1.54, 1.807) is 24.3 Å². The third kappa shape index (κ3) is 6.83. The standard InChI is InChI=1S/C27H42N4O5S/c1-27(2)19-10-13-21(27)22(16-19)29-25(32)23(14-17-6-4-3-5-7-17)30-37(35,36)31-24(26(33)34)15-18-8-11-20(28)12-9-18/h8-9,11-12,17,19,21-24,30-31H,3-7,10,13-16,28H2,1-2H3,(H,29,32)(H,33,34)/t19-,21?,22+,23+,24+/m1/s1. The molecule has 0 saturated heterocycles. The van der Waals surface area contributed by atoms with Crippen LogP contribution in [0.3, 0.4) is 0 Å². The van der Waals surface area contributed by atoms with Gasteiger partial charge in [-0.05, 0) is 73.0 Å². The lowest BCUT2D eigenvalue weighted by atomic mass is 9.81. The summed E-state index contributed by atoms with van der Waals surface area (Å²) in [5.74, 6) is -0.381. The number of anilines is 1. The summed E-state index contributed by atoms with van der Waals surface area (Å²) < 4.78 is 31.0. The van der Waals surface area contributed by atoms with Gasteiger partial charge in [-0.1, -0.05) is 58.1 Å². The largest absolute Gasteiger partial charge is 0.480 e. The number of rotatable bonds is 11. The minimum atomic E-state index is -4.28. The predicted molar refractivity (Wildman–Crippen MR) is 143 cm³/mol. The molecular formula is C27H42N4O5S. The number of nitrogen functional groups attached to an aromatic ring is 1. The first kappa shape index (κ1) is 27.9. The number of carboxylic acid groups (broad SMARTS) is 1. The highest BCUT2D eigenvalue weighted by Gasteiger charge is 2.53. The van der Waals surface area contributed by atoms with Crippen molar-refractivity contribution in [2.24, 2.45) is 23.2 Å². The van der Waals surface area contributed by atoms with Crippen LogP contribution >= 0.6 is 0 Å². The Labute approximate surface area is 220 Å². The molecule has 1 amide bonds. The van der Waals surface area contributed by atoms with E-state index in [-0.39, 0.29) is 29.7 Å². The first-order valence-corrected chi connectivity index (χ1v) is 15.1. The van der Waals surface area contributed by atoms with Crippen LogP contribution in [0.1, 0.15) is 77.2 Å². The first-order chi connectivity index (χ1) is 17.4. The zero-order valence-corrected chi connectivity index (χ0v) is 22.7. The minimum absolute atomic E-state index is 0.0454. The maximum absolute atomic E-state index is 13.5. The zero-order chi connectivity index (χ0) is 26.8. The molecule has 3 aliphatic rings. The van der Waals surface area contributed by atoms with E-state index in [1.807, 2.05) is 0 Å². The number of nitrogens with two attached hydrogens (primary N) is 1. The van der Waals surface area contributed by atoms with Crippen molar-refractivity contribution < 1.29 is 23.1 Å². The molecule has 1 unspecified atom stereocenters. The number of amides is 1. The van der Waals surface area contributed by atoms with Crippen molar-refractivity contribution in [3.63, 3.8) is 0 Å². The number of fused-ring (bicyclic) bond motifs is 2. The maximum Gasteiger partial charge on any atom is 0.322 e. The molecule has 1 aromatic carbocycles. The number of nitrogens with one attached hydrogen (secondary N) is 3. The van der Waals surface area contributed by atoms with E-state index in [0.29, 0.717) is 29.5 Å². The van der Waals surface area contributed by atoms with Gasteiger partial charge in [-0.15, -0.1) is 0 Å². The lowest BCUT2D eigenvalue weighted by molar-refractivity contribution is -0.138. The average molecular weight is 535 g/mol. The molecule has 37 heavy (non-hydrogen) atoms. The van der Waals surface area contributed by atoms with Gasteiger partial charge in [-0.25, -0.2) is 0 Å². The third-order valence-corrected chi connectivity index (χ3v) is 10.3. The van der Waals surface area contributed by atoms with Crippen LogP contribution in [0, 0.1) is 23.2 Å². The number of carbonyl (C=O) groups is 2.